The maximum Gasteiger partial charge on any atom is 0.112 e. The first-order valence-electron chi connectivity index (χ1n) is 9.49. The number of para-hydroxylation sites is 1. The maximum atomic E-state index is 6.01. The molecule has 0 unspecified atom stereocenters. The van der Waals surface area contributed by atoms with Gasteiger partial charge in [-0.05, 0) is 35.9 Å². The number of morpholine rings is 1. The van der Waals surface area contributed by atoms with Crippen LogP contribution in [0.2, 0.25) is 0 Å². The number of rotatable bonds is 4. The Labute approximate surface area is 163 Å². The van der Waals surface area contributed by atoms with Crippen LogP contribution >= 0.6 is 0 Å². The number of nitrogens with zero attached hydrogens (tertiary/aromatic N) is 4. The molecule has 140 valence electrons. The van der Waals surface area contributed by atoms with Gasteiger partial charge >= 0.3 is 0 Å². The van der Waals surface area contributed by atoms with Gasteiger partial charge in [-0.2, -0.15) is 5.10 Å². The summed E-state index contributed by atoms with van der Waals surface area (Å²) in [4.78, 5) is 11.5. The third kappa shape index (κ3) is 3.40. The number of aromatic amines is 1. The fourth-order valence-corrected chi connectivity index (χ4v) is 3.73. The summed E-state index contributed by atoms with van der Waals surface area (Å²) in [5, 5.41) is 8.18. The number of fused-ring (bicyclic) bond motifs is 1. The second-order valence-corrected chi connectivity index (χ2v) is 7.02. The van der Waals surface area contributed by atoms with E-state index in [4.69, 9.17) is 4.74 Å². The van der Waals surface area contributed by atoms with Crippen molar-refractivity contribution in [2.75, 3.05) is 19.7 Å². The second-order valence-electron chi connectivity index (χ2n) is 7.02. The predicted molar refractivity (Wildman–Crippen MR) is 108 cm³/mol. The minimum atomic E-state index is -0.0160. The molecule has 5 rings (SSSR count). The van der Waals surface area contributed by atoms with E-state index in [0.29, 0.717) is 6.61 Å². The Hall–Kier alpha value is -3.09. The smallest absolute Gasteiger partial charge is 0.112 e. The lowest BCUT2D eigenvalue weighted by atomic mass is 10.1. The van der Waals surface area contributed by atoms with Crippen LogP contribution in [0.4, 0.5) is 0 Å². The number of hydrogen-bond donors (Lipinski definition) is 1. The first-order valence-corrected chi connectivity index (χ1v) is 9.49. The van der Waals surface area contributed by atoms with Crippen molar-refractivity contribution in [3.8, 4) is 11.3 Å². The van der Waals surface area contributed by atoms with Gasteiger partial charge in [0.2, 0.25) is 0 Å². The van der Waals surface area contributed by atoms with E-state index in [1.54, 1.807) is 6.20 Å². The van der Waals surface area contributed by atoms with E-state index in [-0.39, 0.29) is 6.10 Å². The van der Waals surface area contributed by atoms with E-state index in [9.17, 15) is 0 Å². The Kier molecular flexibility index (Phi) is 4.56. The SMILES string of the molecule is c1ccc2c(CN3CCO[C@@H](c4ccc(-c5ccn[nH]5)cn4)C3)ccnc2c1. The number of H-pyrrole nitrogens is 1. The molecule has 0 amide bonds. The molecule has 1 N–H and O–H groups in total. The molecule has 0 bridgehead atoms. The summed E-state index contributed by atoms with van der Waals surface area (Å²) >= 11 is 0. The van der Waals surface area contributed by atoms with Crippen LogP contribution in [-0.2, 0) is 11.3 Å². The number of pyridine rings is 2. The van der Waals surface area contributed by atoms with Crippen molar-refractivity contribution in [3.63, 3.8) is 0 Å². The topological polar surface area (TPSA) is 66.9 Å². The lowest BCUT2D eigenvalue weighted by molar-refractivity contribution is -0.0348. The molecule has 1 atom stereocenters. The average molecular weight is 371 g/mol. The molecule has 1 aromatic carbocycles. The Morgan fingerprint density at radius 3 is 2.86 bits per heavy atom. The zero-order chi connectivity index (χ0) is 18.8. The largest absolute Gasteiger partial charge is 0.369 e. The summed E-state index contributed by atoms with van der Waals surface area (Å²) in [6, 6.07) is 16.5. The van der Waals surface area contributed by atoms with E-state index in [2.05, 4.69) is 55.4 Å². The standard InChI is InChI=1S/C22H21N5O/c1-2-4-20-18(3-1)17(7-9-23-20)14-27-11-12-28-22(15-27)21-6-5-16(13-24-21)19-8-10-25-26-19/h1-10,13,22H,11-12,14-15H2,(H,25,26)/t22-/m1/s1. The van der Waals surface area contributed by atoms with Gasteiger partial charge in [0.25, 0.3) is 0 Å². The van der Waals surface area contributed by atoms with Crippen molar-refractivity contribution in [1.82, 2.24) is 25.1 Å². The van der Waals surface area contributed by atoms with E-state index in [0.717, 1.165) is 42.1 Å². The minimum absolute atomic E-state index is 0.0160. The normalized spacial score (nSPS) is 17.8. The van der Waals surface area contributed by atoms with Gasteiger partial charge in [-0.3, -0.25) is 20.0 Å². The number of ether oxygens (including phenoxy) is 1. The van der Waals surface area contributed by atoms with Gasteiger partial charge in [0, 0.05) is 49.2 Å². The van der Waals surface area contributed by atoms with E-state index in [1.165, 1.54) is 10.9 Å². The van der Waals surface area contributed by atoms with Crippen LogP contribution in [0.5, 0.6) is 0 Å². The number of hydrogen-bond acceptors (Lipinski definition) is 5. The van der Waals surface area contributed by atoms with Gasteiger partial charge in [0.1, 0.15) is 6.10 Å². The van der Waals surface area contributed by atoms with Crippen LogP contribution in [0.25, 0.3) is 22.2 Å². The second kappa shape index (κ2) is 7.50. The van der Waals surface area contributed by atoms with Crippen LogP contribution in [0.3, 0.4) is 0 Å². The van der Waals surface area contributed by atoms with Crippen LogP contribution in [0.1, 0.15) is 17.4 Å². The van der Waals surface area contributed by atoms with Gasteiger partial charge in [-0.25, -0.2) is 0 Å². The third-order valence-electron chi connectivity index (χ3n) is 5.21. The average Bonchev–Trinajstić information content (AvgIpc) is 3.29. The number of nitrogens with one attached hydrogen (secondary N) is 1. The Morgan fingerprint density at radius 1 is 1.04 bits per heavy atom. The monoisotopic (exact) mass is 371 g/mol. The molecule has 28 heavy (non-hydrogen) atoms. The lowest BCUT2D eigenvalue weighted by Crippen LogP contribution is -2.38. The van der Waals surface area contributed by atoms with E-state index >= 15 is 0 Å². The lowest BCUT2D eigenvalue weighted by Gasteiger charge is -2.32. The summed E-state index contributed by atoms with van der Waals surface area (Å²) in [7, 11) is 0. The van der Waals surface area contributed by atoms with Crippen LogP contribution in [0.15, 0.2) is 67.1 Å². The van der Waals surface area contributed by atoms with Crippen LogP contribution in [0, 0.1) is 0 Å². The Bertz CT molecular complexity index is 1060. The summed E-state index contributed by atoms with van der Waals surface area (Å²) in [5.74, 6) is 0. The van der Waals surface area contributed by atoms with Gasteiger partial charge in [0.05, 0.1) is 23.5 Å². The number of aromatic nitrogens is 4. The summed E-state index contributed by atoms with van der Waals surface area (Å²) in [5.41, 5.74) is 5.30. The molecule has 6 nitrogen and oxygen atoms in total. The molecule has 1 saturated heterocycles. The van der Waals surface area contributed by atoms with Gasteiger partial charge in [0.15, 0.2) is 0 Å². The minimum Gasteiger partial charge on any atom is -0.369 e. The highest BCUT2D eigenvalue weighted by Crippen LogP contribution is 2.25. The zero-order valence-corrected chi connectivity index (χ0v) is 15.5. The highest BCUT2D eigenvalue weighted by Gasteiger charge is 2.23. The Morgan fingerprint density at radius 2 is 2.00 bits per heavy atom. The molecule has 1 fully saturated rings. The number of benzene rings is 1. The molecule has 0 saturated carbocycles. The van der Waals surface area contributed by atoms with Crippen LogP contribution < -0.4 is 0 Å². The molecule has 1 aliphatic rings. The summed E-state index contributed by atoms with van der Waals surface area (Å²) in [6.45, 7) is 3.33. The fraction of sp³-hybridized carbons (Fsp3) is 0.227. The van der Waals surface area contributed by atoms with Crippen molar-refractivity contribution in [2.45, 2.75) is 12.6 Å². The molecular weight excluding hydrogens is 350 g/mol. The molecular formula is C22H21N5O. The van der Waals surface area contributed by atoms with Gasteiger partial charge in [-0.15, -0.1) is 0 Å². The van der Waals surface area contributed by atoms with Crippen molar-refractivity contribution >= 4 is 10.9 Å². The van der Waals surface area contributed by atoms with Crippen molar-refractivity contribution in [2.24, 2.45) is 0 Å². The summed E-state index contributed by atoms with van der Waals surface area (Å²) in [6.07, 6.45) is 5.50. The molecule has 6 heteroatoms. The molecule has 3 aromatic heterocycles. The van der Waals surface area contributed by atoms with Gasteiger partial charge < -0.3 is 4.74 Å². The van der Waals surface area contributed by atoms with Crippen molar-refractivity contribution < 1.29 is 4.74 Å². The van der Waals surface area contributed by atoms with Gasteiger partial charge in [-0.1, -0.05) is 18.2 Å². The first kappa shape index (κ1) is 17.0. The third-order valence-corrected chi connectivity index (χ3v) is 5.21. The van der Waals surface area contributed by atoms with Crippen LogP contribution in [-0.4, -0.2) is 44.8 Å². The highest BCUT2D eigenvalue weighted by atomic mass is 16.5. The van der Waals surface area contributed by atoms with E-state index < -0.39 is 0 Å². The molecule has 1 aliphatic heterocycles. The predicted octanol–water partition coefficient (Wildman–Crippen LogP) is 3.59. The summed E-state index contributed by atoms with van der Waals surface area (Å²) < 4.78 is 6.01. The Balaban J connectivity index is 1.32. The van der Waals surface area contributed by atoms with Crippen molar-refractivity contribution in [3.05, 3.63) is 78.4 Å². The zero-order valence-electron chi connectivity index (χ0n) is 15.5. The molecule has 4 heterocycles. The first-order chi connectivity index (χ1) is 13.9. The molecule has 0 radical (unpaired) electrons. The molecule has 4 aromatic rings. The molecule has 0 aliphatic carbocycles. The maximum absolute atomic E-state index is 6.01. The highest BCUT2D eigenvalue weighted by molar-refractivity contribution is 5.81. The van der Waals surface area contributed by atoms with E-state index in [1.807, 2.05) is 30.6 Å². The van der Waals surface area contributed by atoms with Crippen molar-refractivity contribution in [1.29, 1.82) is 0 Å². The quantitative estimate of drug-likeness (QED) is 0.594. The fourth-order valence-electron chi connectivity index (χ4n) is 3.73. The molecule has 0 spiro atoms.